The van der Waals surface area contributed by atoms with Crippen LogP contribution in [0.25, 0.3) is 11.1 Å². The molecule has 0 radical (unpaired) electrons. The van der Waals surface area contributed by atoms with Crippen LogP contribution in [0.4, 0.5) is 0 Å². The molecule has 0 fully saturated rings. The van der Waals surface area contributed by atoms with Gasteiger partial charge < -0.3 is 0 Å². The minimum Gasteiger partial charge on any atom is -0.214 e. The normalized spacial score (nSPS) is 10.3. The molecule has 0 saturated carbocycles. The maximum absolute atomic E-state index is 5.54. The molecule has 0 heterocycles. The molecule has 0 aromatic heterocycles. The minimum atomic E-state index is -1.84. The van der Waals surface area contributed by atoms with Crippen LogP contribution in [0.5, 0.6) is 0 Å². The molecule has 0 unspecified atom stereocenters. The first-order valence-corrected chi connectivity index (χ1v) is 15.4. The van der Waals surface area contributed by atoms with Crippen LogP contribution in [0.3, 0.4) is 0 Å². The predicted octanol–water partition coefficient (Wildman–Crippen LogP) is 6.59. The smallest absolute Gasteiger partial charge is 0.0253 e. The molecule has 1 aliphatic rings. The van der Waals surface area contributed by atoms with E-state index in [1.807, 2.05) is 50.2 Å². The predicted molar refractivity (Wildman–Crippen MR) is 104 cm³/mol. The van der Waals surface area contributed by atoms with Crippen LogP contribution >= 0.6 is 17.0 Å². The van der Waals surface area contributed by atoms with Crippen molar-refractivity contribution in [2.24, 2.45) is 0 Å². The molecular formula is C21H20Cl2Zr-2. The zero-order valence-corrected chi connectivity index (χ0v) is 17.9. The monoisotopic (exact) mass is 432 g/mol. The van der Waals surface area contributed by atoms with Gasteiger partial charge in [0, 0.05) is 0 Å². The molecule has 0 aliphatic heterocycles. The first kappa shape index (κ1) is 19.4. The van der Waals surface area contributed by atoms with Gasteiger partial charge in [0.15, 0.2) is 0 Å². The van der Waals surface area contributed by atoms with Gasteiger partial charge in [0.1, 0.15) is 0 Å². The van der Waals surface area contributed by atoms with E-state index in [2.05, 4.69) is 42.5 Å². The Bertz CT molecular complexity index is 710. The van der Waals surface area contributed by atoms with Crippen molar-refractivity contribution in [3.05, 3.63) is 90.0 Å². The van der Waals surface area contributed by atoms with Crippen molar-refractivity contribution in [2.45, 2.75) is 20.3 Å². The summed E-state index contributed by atoms with van der Waals surface area (Å²) in [5, 5.41) is 0. The largest absolute Gasteiger partial charge is 0.214 e. The maximum Gasteiger partial charge on any atom is -0.0253 e. The van der Waals surface area contributed by atoms with Gasteiger partial charge in [-0.2, -0.15) is 48.0 Å². The number of halogens is 2. The van der Waals surface area contributed by atoms with Crippen LogP contribution in [-0.2, 0) is 25.3 Å². The minimum absolute atomic E-state index is 1.05. The molecule has 24 heavy (non-hydrogen) atoms. The molecule has 0 saturated heterocycles. The number of rotatable bonds is 0. The fourth-order valence-corrected chi connectivity index (χ4v) is 2.32. The second kappa shape index (κ2) is 10.2. The molecule has 124 valence electrons. The van der Waals surface area contributed by atoms with E-state index in [0.717, 1.165) is 6.42 Å². The third-order valence-corrected chi connectivity index (χ3v) is 9.88. The van der Waals surface area contributed by atoms with Crippen LogP contribution < -0.4 is 0 Å². The van der Waals surface area contributed by atoms with Gasteiger partial charge >= 0.3 is 53.0 Å². The molecule has 0 spiro atoms. The van der Waals surface area contributed by atoms with Gasteiger partial charge in [-0.3, -0.25) is 0 Å². The maximum atomic E-state index is 5.54. The second-order valence-electron chi connectivity index (χ2n) is 5.62. The standard InChI is InChI=1S/C13H9.C5H5.C3H6.2ClH.Zr/c1-3-7-12-10(5-1)9-11-6-2-4-8-13(11)12;1-2-4-5-3-1;1-3-2;;;/h1-5,7-8H,9H2;1-5H;1-2H3;2*1H;/q2*-1;;;;+2/p-2. The van der Waals surface area contributed by atoms with Crippen molar-refractivity contribution in [3.8, 4) is 11.1 Å². The summed E-state index contributed by atoms with van der Waals surface area (Å²) in [6, 6.07) is 28.1. The Kier molecular flexibility index (Phi) is 8.26. The summed E-state index contributed by atoms with van der Waals surface area (Å²) in [6.45, 7) is 3.96. The number of benzene rings is 2. The third-order valence-electron chi connectivity index (χ3n) is 3.55. The zero-order chi connectivity index (χ0) is 17.4. The van der Waals surface area contributed by atoms with E-state index in [-0.39, 0.29) is 0 Å². The molecule has 0 N–H and O–H groups in total. The van der Waals surface area contributed by atoms with Crippen LogP contribution in [-0.4, -0.2) is 3.21 Å². The molecule has 1 aliphatic carbocycles. The van der Waals surface area contributed by atoms with Gasteiger partial charge in [0.25, 0.3) is 0 Å². The Morgan fingerprint density at radius 2 is 1.58 bits per heavy atom. The van der Waals surface area contributed by atoms with E-state index in [1.165, 1.54) is 25.5 Å². The molecule has 3 aromatic rings. The fourth-order valence-electron chi connectivity index (χ4n) is 2.32. The Labute approximate surface area is 159 Å². The Balaban J connectivity index is 0.000000159. The number of hydrogen-bond acceptors (Lipinski definition) is 0. The van der Waals surface area contributed by atoms with Gasteiger partial charge in [0.05, 0.1) is 0 Å². The first-order chi connectivity index (χ1) is 11.6. The van der Waals surface area contributed by atoms with Gasteiger partial charge in [-0.15, -0.1) is 5.56 Å². The van der Waals surface area contributed by atoms with E-state index >= 15 is 0 Å². The Hall–Kier alpha value is -0.877. The van der Waals surface area contributed by atoms with E-state index in [1.54, 1.807) is 0 Å². The Morgan fingerprint density at radius 3 is 2.17 bits per heavy atom. The van der Waals surface area contributed by atoms with Crippen LogP contribution in [0.2, 0.25) is 0 Å². The van der Waals surface area contributed by atoms with Crippen molar-refractivity contribution >= 4 is 20.2 Å². The average molecular weight is 435 g/mol. The van der Waals surface area contributed by atoms with Crippen LogP contribution in [0, 0.1) is 6.07 Å². The van der Waals surface area contributed by atoms with Crippen molar-refractivity contribution in [1.29, 1.82) is 0 Å². The van der Waals surface area contributed by atoms with Crippen LogP contribution in [0.1, 0.15) is 25.0 Å². The van der Waals surface area contributed by atoms with Gasteiger partial charge in [-0.05, 0) is 6.42 Å². The fraction of sp³-hybridized carbons (Fsp3) is 0.143. The topological polar surface area (TPSA) is 0 Å². The quantitative estimate of drug-likeness (QED) is 0.274. The van der Waals surface area contributed by atoms with Gasteiger partial charge in [0.2, 0.25) is 0 Å². The van der Waals surface area contributed by atoms with E-state index in [4.69, 9.17) is 17.0 Å². The van der Waals surface area contributed by atoms with Crippen molar-refractivity contribution in [1.82, 2.24) is 0 Å². The molecule has 3 heteroatoms. The van der Waals surface area contributed by atoms with E-state index in [9.17, 15) is 0 Å². The molecule has 3 aromatic carbocycles. The number of hydrogen-bond donors (Lipinski definition) is 0. The zero-order valence-electron chi connectivity index (χ0n) is 13.9. The van der Waals surface area contributed by atoms with E-state index in [0.29, 0.717) is 0 Å². The third kappa shape index (κ3) is 5.89. The van der Waals surface area contributed by atoms with E-state index < -0.39 is 18.9 Å². The summed E-state index contributed by atoms with van der Waals surface area (Å²) >= 11 is -1.84. The SMILES string of the molecule is C[C](C)=[Zr]([Cl])[Cl].[c-]1cccc2c1Cc1ccccc1-2.c1cc[cH-]c1. The van der Waals surface area contributed by atoms with Crippen molar-refractivity contribution in [2.75, 3.05) is 0 Å². The summed E-state index contributed by atoms with van der Waals surface area (Å²) in [5.41, 5.74) is 5.51. The van der Waals surface area contributed by atoms with Crippen molar-refractivity contribution < 1.29 is 18.9 Å². The first-order valence-electron chi connectivity index (χ1n) is 7.82. The van der Waals surface area contributed by atoms with Gasteiger partial charge in [-0.1, -0.05) is 35.4 Å². The number of fused-ring (bicyclic) bond motifs is 3. The average Bonchev–Trinajstić information content (AvgIpc) is 3.26. The molecule has 0 bridgehead atoms. The summed E-state index contributed by atoms with van der Waals surface area (Å²) in [5.74, 6) is 0. The van der Waals surface area contributed by atoms with Crippen LogP contribution in [0.15, 0.2) is 72.8 Å². The Morgan fingerprint density at radius 1 is 0.958 bits per heavy atom. The molecule has 0 atom stereocenters. The van der Waals surface area contributed by atoms with Gasteiger partial charge in [-0.25, -0.2) is 12.1 Å². The molecule has 0 nitrogen and oxygen atoms in total. The summed E-state index contributed by atoms with van der Waals surface area (Å²) in [6.07, 6.45) is 1.05. The molecule has 4 rings (SSSR count). The summed E-state index contributed by atoms with van der Waals surface area (Å²) < 4.78 is 1.24. The van der Waals surface area contributed by atoms with Crippen molar-refractivity contribution in [3.63, 3.8) is 0 Å². The summed E-state index contributed by atoms with van der Waals surface area (Å²) in [4.78, 5) is 0. The second-order valence-corrected chi connectivity index (χ2v) is 15.0. The molecular weight excluding hydrogens is 414 g/mol. The molecule has 0 amide bonds. The summed E-state index contributed by atoms with van der Waals surface area (Å²) in [7, 11) is 11.1.